The molecule has 0 saturated carbocycles. The molecule has 0 radical (unpaired) electrons. The SMILES string of the molecule is CC1CC(OC(F)F)CCN1.Cl. The number of rotatable bonds is 2. The first kappa shape index (κ1) is 12.1. The lowest BCUT2D eigenvalue weighted by Crippen LogP contribution is -2.39. The lowest BCUT2D eigenvalue weighted by Gasteiger charge is -2.27. The lowest BCUT2D eigenvalue weighted by molar-refractivity contribution is -0.170. The summed E-state index contributed by atoms with van der Waals surface area (Å²) in [6.45, 7) is 0.129. The van der Waals surface area contributed by atoms with Crippen LogP contribution in [-0.4, -0.2) is 25.3 Å². The molecule has 1 aliphatic heterocycles. The Balaban J connectivity index is 0.00000121. The second-order valence-electron chi connectivity index (χ2n) is 2.90. The van der Waals surface area contributed by atoms with Crippen molar-refractivity contribution in [3.05, 3.63) is 0 Å². The molecule has 5 heteroatoms. The van der Waals surface area contributed by atoms with Crippen molar-refractivity contribution in [2.45, 2.75) is 38.5 Å². The van der Waals surface area contributed by atoms with Gasteiger partial charge in [0.15, 0.2) is 0 Å². The number of alkyl halides is 2. The topological polar surface area (TPSA) is 21.3 Å². The molecule has 74 valence electrons. The van der Waals surface area contributed by atoms with Crippen molar-refractivity contribution >= 4 is 12.4 Å². The molecule has 1 N–H and O–H groups in total. The van der Waals surface area contributed by atoms with Crippen LogP contribution in [0, 0.1) is 0 Å². The third-order valence-electron chi connectivity index (χ3n) is 1.87. The summed E-state index contributed by atoms with van der Waals surface area (Å²) >= 11 is 0. The molecule has 0 aromatic rings. The largest absolute Gasteiger partial charge is 0.345 e. The van der Waals surface area contributed by atoms with Gasteiger partial charge >= 0.3 is 6.61 Å². The summed E-state index contributed by atoms with van der Waals surface area (Å²) in [5, 5.41) is 3.16. The van der Waals surface area contributed by atoms with Gasteiger partial charge in [-0.2, -0.15) is 8.78 Å². The van der Waals surface area contributed by atoms with E-state index in [9.17, 15) is 8.78 Å². The number of piperidine rings is 1. The second-order valence-corrected chi connectivity index (χ2v) is 2.90. The van der Waals surface area contributed by atoms with Gasteiger partial charge in [-0.15, -0.1) is 12.4 Å². The van der Waals surface area contributed by atoms with Crippen LogP contribution in [0.15, 0.2) is 0 Å². The molecule has 1 rings (SSSR count). The summed E-state index contributed by atoms with van der Waals surface area (Å²) in [5.74, 6) is 0. The van der Waals surface area contributed by atoms with Crippen LogP contribution in [0.25, 0.3) is 0 Å². The molecular weight excluding hydrogens is 188 g/mol. The molecule has 0 amide bonds. The van der Waals surface area contributed by atoms with Crippen molar-refractivity contribution in [3.8, 4) is 0 Å². The van der Waals surface area contributed by atoms with E-state index in [4.69, 9.17) is 0 Å². The van der Waals surface area contributed by atoms with Crippen LogP contribution in [0.5, 0.6) is 0 Å². The Hall–Kier alpha value is 0.0700. The van der Waals surface area contributed by atoms with Gasteiger partial charge in [0.1, 0.15) is 0 Å². The van der Waals surface area contributed by atoms with Crippen molar-refractivity contribution in [1.82, 2.24) is 5.32 Å². The Morgan fingerprint density at radius 3 is 2.67 bits per heavy atom. The molecule has 0 spiro atoms. The van der Waals surface area contributed by atoms with Gasteiger partial charge in [-0.05, 0) is 26.3 Å². The van der Waals surface area contributed by atoms with Crippen LogP contribution >= 0.6 is 12.4 Å². The van der Waals surface area contributed by atoms with Gasteiger partial charge in [0.25, 0.3) is 0 Å². The second kappa shape index (κ2) is 5.67. The first-order valence-corrected chi connectivity index (χ1v) is 3.85. The van der Waals surface area contributed by atoms with Gasteiger partial charge in [0.05, 0.1) is 6.10 Å². The average Bonchev–Trinajstić information content (AvgIpc) is 1.85. The lowest BCUT2D eigenvalue weighted by atomic mass is 10.0. The van der Waals surface area contributed by atoms with Crippen molar-refractivity contribution < 1.29 is 13.5 Å². The van der Waals surface area contributed by atoms with Gasteiger partial charge in [-0.25, -0.2) is 0 Å². The highest BCUT2D eigenvalue weighted by Gasteiger charge is 2.21. The highest BCUT2D eigenvalue weighted by molar-refractivity contribution is 5.85. The Labute approximate surface area is 77.1 Å². The van der Waals surface area contributed by atoms with E-state index < -0.39 is 6.61 Å². The molecule has 1 aliphatic rings. The molecule has 0 aromatic heterocycles. The zero-order valence-electron chi connectivity index (χ0n) is 6.93. The maximum atomic E-state index is 11.7. The minimum atomic E-state index is -2.62. The highest BCUT2D eigenvalue weighted by atomic mass is 35.5. The van der Waals surface area contributed by atoms with Gasteiger partial charge in [0.2, 0.25) is 0 Å². The van der Waals surface area contributed by atoms with Crippen LogP contribution in [0.4, 0.5) is 8.78 Å². The first-order valence-electron chi connectivity index (χ1n) is 3.85. The fourth-order valence-corrected chi connectivity index (χ4v) is 1.36. The van der Waals surface area contributed by atoms with E-state index in [1.807, 2.05) is 6.92 Å². The third kappa shape index (κ3) is 4.18. The van der Waals surface area contributed by atoms with E-state index in [1.54, 1.807) is 0 Å². The zero-order chi connectivity index (χ0) is 8.27. The Morgan fingerprint density at radius 1 is 1.50 bits per heavy atom. The fourth-order valence-electron chi connectivity index (χ4n) is 1.36. The average molecular weight is 202 g/mol. The Kier molecular flexibility index (Phi) is 5.70. The fraction of sp³-hybridized carbons (Fsp3) is 1.00. The monoisotopic (exact) mass is 201 g/mol. The predicted molar refractivity (Wildman–Crippen MR) is 44.8 cm³/mol. The van der Waals surface area contributed by atoms with Gasteiger partial charge in [-0.1, -0.05) is 0 Å². The predicted octanol–water partition coefficient (Wildman–Crippen LogP) is 1.79. The molecule has 0 bridgehead atoms. The number of ether oxygens (including phenoxy) is 1. The van der Waals surface area contributed by atoms with E-state index >= 15 is 0 Å². The van der Waals surface area contributed by atoms with E-state index in [0.29, 0.717) is 18.9 Å². The molecule has 2 atom stereocenters. The zero-order valence-corrected chi connectivity index (χ0v) is 7.74. The number of hydrogen-bond acceptors (Lipinski definition) is 2. The third-order valence-corrected chi connectivity index (χ3v) is 1.87. The van der Waals surface area contributed by atoms with E-state index in [-0.39, 0.29) is 18.5 Å². The van der Waals surface area contributed by atoms with Crippen molar-refractivity contribution in [2.75, 3.05) is 6.54 Å². The Morgan fingerprint density at radius 2 is 2.17 bits per heavy atom. The maximum Gasteiger partial charge on any atom is 0.345 e. The maximum absolute atomic E-state index is 11.7. The Bertz CT molecular complexity index is 124. The summed E-state index contributed by atoms with van der Waals surface area (Å²) < 4.78 is 27.8. The van der Waals surface area contributed by atoms with Gasteiger partial charge in [-0.3, -0.25) is 0 Å². The van der Waals surface area contributed by atoms with Crippen molar-refractivity contribution in [1.29, 1.82) is 0 Å². The van der Waals surface area contributed by atoms with Gasteiger partial charge < -0.3 is 10.1 Å². The van der Waals surface area contributed by atoms with Crippen molar-refractivity contribution in [2.24, 2.45) is 0 Å². The number of hydrogen-bond donors (Lipinski definition) is 1. The quantitative estimate of drug-likeness (QED) is 0.736. The normalized spacial score (nSPS) is 30.0. The van der Waals surface area contributed by atoms with E-state index in [2.05, 4.69) is 10.1 Å². The van der Waals surface area contributed by atoms with E-state index in [0.717, 1.165) is 6.54 Å². The summed E-state index contributed by atoms with van der Waals surface area (Å²) in [6.07, 6.45) is 1.12. The van der Waals surface area contributed by atoms with Crippen LogP contribution in [-0.2, 0) is 4.74 Å². The van der Waals surface area contributed by atoms with Gasteiger partial charge in [0, 0.05) is 6.04 Å². The number of nitrogens with one attached hydrogen (secondary N) is 1. The molecule has 2 unspecified atom stereocenters. The van der Waals surface area contributed by atoms with Crippen LogP contribution in [0.3, 0.4) is 0 Å². The molecule has 0 aliphatic carbocycles. The summed E-state index contributed by atoms with van der Waals surface area (Å²) in [4.78, 5) is 0. The molecule has 1 heterocycles. The van der Waals surface area contributed by atoms with Crippen LogP contribution in [0.2, 0.25) is 0 Å². The molecular formula is C7H14ClF2NO. The van der Waals surface area contributed by atoms with Crippen LogP contribution < -0.4 is 5.32 Å². The van der Waals surface area contributed by atoms with E-state index in [1.165, 1.54) is 0 Å². The summed E-state index contributed by atoms with van der Waals surface area (Å²) in [6, 6.07) is 0.299. The minimum absolute atomic E-state index is 0. The standard InChI is InChI=1S/C7H13F2NO.ClH/c1-5-4-6(2-3-10-5)11-7(8)9;/h5-7,10H,2-4H2,1H3;1H. The smallest absolute Gasteiger partial charge is 0.320 e. The molecule has 2 nitrogen and oxygen atoms in total. The minimum Gasteiger partial charge on any atom is -0.320 e. The molecule has 1 saturated heterocycles. The first-order chi connectivity index (χ1) is 5.18. The molecule has 1 fully saturated rings. The summed E-state index contributed by atoms with van der Waals surface area (Å²) in [7, 11) is 0. The highest BCUT2D eigenvalue weighted by Crippen LogP contribution is 2.14. The van der Waals surface area contributed by atoms with Crippen LogP contribution in [0.1, 0.15) is 19.8 Å². The summed E-state index contributed by atoms with van der Waals surface area (Å²) in [5.41, 5.74) is 0. The molecule has 12 heavy (non-hydrogen) atoms. The number of halogens is 3. The van der Waals surface area contributed by atoms with Crippen molar-refractivity contribution in [3.63, 3.8) is 0 Å². The molecule has 0 aromatic carbocycles.